The molecule has 0 aliphatic heterocycles. The summed E-state index contributed by atoms with van der Waals surface area (Å²) >= 11 is 0. The monoisotopic (exact) mass is 439 g/mol. The number of carbonyl (C=O) groups is 1. The van der Waals surface area contributed by atoms with Crippen LogP contribution in [0.4, 0.5) is 8.78 Å². The number of halogens is 2. The van der Waals surface area contributed by atoms with Crippen molar-refractivity contribution >= 4 is 5.78 Å². The molecule has 1 unspecified atom stereocenters. The molecule has 0 amide bonds. The van der Waals surface area contributed by atoms with Crippen LogP contribution in [0.25, 0.3) is 11.3 Å². The molecule has 2 atom stereocenters. The third-order valence-electron chi connectivity index (χ3n) is 6.22. The van der Waals surface area contributed by atoms with Crippen LogP contribution in [-0.4, -0.2) is 31.8 Å². The molecular formula is C25H27F2N3O2. The normalized spacial score (nSPS) is 18.8. The molecule has 1 aliphatic rings. The van der Waals surface area contributed by atoms with Gasteiger partial charge in [-0.05, 0) is 48.4 Å². The average Bonchev–Trinajstić information content (AvgIpc) is 3.22. The van der Waals surface area contributed by atoms with E-state index in [4.69, 9.17) is 0 Å². The van der Waals surface area contributed by atoms with Crippen LogP contribution in [0, 0.1) is 5.92 Å². The number of carbonyl (C=O) groups excluding carboxylic acids is 1. The number of hydrogen-bond acceptors (Lipinski definition) is 4. The Morgan fingerprint density at radius 3 is 2.59 bits per heavy atom. The summed E-state index contributed by atoms with van der Waals surface area (Å²) in [6.07, 6.45) is 3.76. The van der Waals surface area contributed by atoms with Crippen LogP contribution in [-0.2, 0) is 13.5 Å². The molecule has 0 radical (unpaired) electrons. The van der Waals surface area contributed by atoms with E-state index in [-0.39, 0.29) is 35.8 Å². The Labute approximate surface area is 186 Å². The highest BCUT2D eigenvalue weighted by molar-refractivity contribution is 5.94. The lowest BCUT2D eigenvalue weighted by Gasteiger charge is -2.26. The molecule has 1 saturated carbocycles. The van der Waals surface area contributed by atoms with Crippen LogP contribution in [0.5, 0.6) is 0 Å². The van der Waals surface area contributed by atoms with E-state index in [1.165, 1.54) is 6.07 Å². The molecule has 0 saturated heterocycles. The van der Waals surface area contributed by atoms with Crippen LogP contribution in [0.15, 0.2) is 48.8 Å². The third kappa shape index (κ3) is 5.10. The highest BCUT2D eigenvalue weighted by atomic mass is 19.3. The molecule has 1 N–H and O–H groups in total. The fourth-order valence-electron chi connectivity index (χ4n) is 4.36. The first-order chi connectivity index (χ1) is 15.4. The SMILES string of the molecule is Cn1ccc(-c2ccc(Cc3cc(C(=O)CC4CCCC[C@@H]4O)ncc3C(F)F)cc2)n1. The van der Waals surface area contributed by atoms with Crippen LogP contribution in [0.2, 0.25) is 0 Å². The molecule has 2 heterocycles. The molecule has 32 heavy (non-hydrogen) atoms. The molecule has 2 aromatic heterocycles. The number of ketones is 1. The Hall–Kier alpha value is -2.93. The van der Waals surface area contributed by atoms with Gasteiger partial charge >= 0.3 is 0 Å². The third-order valence-corrected chi connectivity index (χ3v) is 6.22. The van der Waals surface area contributed by atoms with E-state index in [1.54, 1.807) is 4.68 Å². The minimum Gasteiger partial charge on any atom is -0.393 e. The number of benzene rings is 1. The zero-order valence-corrected chi connectivity index (χ0v) is 18.0. The van der Waals surface area contributed by atoms with Crippen LogP contribution < -0.4 is 0 Å². The first-order valence-electron chi connectivity index (χ1n) is 11.0. The molecule has 0 bridgehead atoms. The first kappa shape index (κ1) is 22.3. The van der Waals surface area contributed by atoms with Gasteiger partial charge < -0.3 is 5.11 Å². The van der Waals surface area contributed by atoms with E-state index < -0.39 is 12.5 Å². The number of aromatic nitrogens is 3. The maximum atomic E-state index is 13.6. The number of pyridine rings is 1. The Bertz CT molecular complexity index is 1080. The highest BCUT2D eigenvalue weighted by Gasteiger charge is 2.27. The zero-order chi connectivity index (χ0) is 22.7. The van der Waals surface area contributed by atoms with Gasteiger partial charge in [-0.25, -0.2) is 8.78 Å². The van der Waals surface area contributed by atoms with Crippen molar-refractivity contribution in [1.82, 2.24) is 14.8 Å². The lowest BCUT2D eigenvalue weighted by atomic mass is 9.83. The maximum Gasteiger partial charge on any atom is 0.265 e. The number of aliphatic hydroxyl groups excluding tert-OH is 1. The molecule has 1 aromatic carbocycles. The lowest BCUT2D eigenvalue weighted by Crippen LogP contribution is -2.27. The highest BCUT2D eigenvalue weighted by Crippen LogP contribution is 2.30. The standard InChI is InChI=1S/C25H27F2N3O2/c1-30-11-10-21(29-30)17-8-6-16(7-9-17)12-19-13-22(28-15-20(19)25(26)27)24(32)14-18-4-2-3-5-23(18)31/h6-11,13,15,18,23,25,31H,2-5,12,14H2,1H3/t18?,23-/m0/s1. The number of aryl methyl sites for hydroxylation is 1. The van der Waals surface area contributed by atoms with Crippen LogP contribution >= 0.6 is 0 Å². The van der Waals surface area contributed by atoms with Gasteiger partial charge in [0.25, 0.3) is 6.43 Å². The van der Waals surface area contributed by atoms with E-state index in [2.05, 4.69) is 10.1 Å². The summed E-state index contributed by atoms with van der Waals surface area (Å²) in [5, 5.41) is 14.5. The second-order valence-corrected chi connectivity index (χ2v) is 8.56. The number of Topliss-reactive ketones (excluding diaryl/α,β-unsaturated/α-hetero) is 1. The molecular weight excluding hydrogens is 412 g/mol. The molecule has 5 nitrogen and oxygen atoms in total. The van der Waals surface area contributed by atoms with Gasteiger partial charge in [-0.2, -0.15) is 5.10 Å². The Morgan fingerprint density at radius 1 is 1.19 bits per heavy atom. The van der Waals surface area contributed by atoms with Crippen molar-refractivity contribution < 1.29 is 18.7 Å². The maximum absolute atomic E-state index is 13.6. The smallest absolute Gasteiger partial charge is 0.265 e. The van der Waals surface area contributed by atoms with Gasteiger partial charge in [-0.15, -0.1) is 0 Å². The van der Waals surface area contributed by atoms with Gasteiger partial charge in [0.1, 0.15) is 5.69 Å². The van der Waals surface area contributed by atoms with E-state index >= 15 is 0 Å². The molecule has 1 aliphatic carbocycles. The molecule has 168 valence electrons. The van der Waals surface area contributed by atoms with Crippen molar-refractivity contribution in [1.29, 1.82) is 0 Å². The van der Waals surface area contributed by atoms with Crippen LogP contribution in [0.3, 0.4) is 0 Å². The first-order valence-corrected chi connectivity index (χ1v) is 11.0. The van der Waals surface area contributed by atoms with Gasteiger partial charge in [0.15, 0.2) is 5.78 Å². The quantitative estimate of drug-likeness (QED) is 0.518. The van der Waals surface area contributed by atoms with E-state index in [1.807, 2.05) is 43.6 Å². The van der Waals surface area contributed by atoms with Crippen molar-refractivity contribution in [2.24, 2.45) is 13.0 Å². The molecule has 0 spiro atoms. The van der Waals surface area contributed by atoms with E-state index in [0.29, 0.717) is 12.0 Å². The summed E-state index contributed by atoms with van der Waals surface area (Å²) in [4.78, 5) is 16.8. The Kier molecular flexibility index (Phi) is 6.74. The van der Waals surface area contributed by atoms with Crippen LogP contribution in [0.1, 0.15) is 65.7 Å². The summed E-state index contributed by atoms with van der Waals surface area (Å²) in [7, 11) is 1.85. The van der Waals surface area contributed by atoms with Gasteiger partial charge in [-0.3, -0.25) is 14.5 Å². The Morgan fingerprint density at radius 2 is 1.94 bits per heavy atom. The van der Waals surface area contributed by atoms with Crippen molar-refractivity contribution in [3.63, 3.8) is 0 Å². The number of aliphatic hydroxyl groups is 1. The summed E-state index contributed by atoms with van der Waals surface area (Å²) in [6, 6.07) is 11.0. The summed E-state index contributed by atoms with van der Waals surface area (Å²) in [5.41, 5.74) is 3.07. The number of alkyl halides is 2. The molecule has 1 fully saturated rings. The van der Waals surface area contributed by atoms with E-state index in [9.17, 15) is 18.7 Å². The summed E-state index contributed by atoms with van der Waals surface area (Å²) < 4.78 is 28.9. The number of rotatable bonds is 7. The fourth-order valence-corrected chi connectivity index (χ4v) is 4.36. The molecule has 4 rings (SSSR count). The van der Waals surface area contributed by atoms with Gasteiger partial charge in [0.2, 0.25) is 0 Å². The van der Waals surface area contributed by atoms with Crippen molar-refractivity contribution in [3.8, 4) is 11.3 Å². The predicted octanol–water partition coefficient (Wildman–Crippen LogP) is 5.13. The largest absolute Gasteiger partial charge is 0.393 e. The number of hydrogen-bond donors (Lipinski definition) is 1. The second kappa shape index (κ2) is 9.69. The number of nitrogens with zero attached hydrogens (tertiary/aromatic N) is 3. The van der Waals surface area contributed by atoms with Gasteiger partial charge in [0, 0.05) is 37.0 Å². The predicted molar refractivity (Wildman–Crippen MR) is 118 cm³/mol. The van der Waals surface area contributed by atoms with Crippen molar-refractivity contribution in [2.45, 2.75) is 51.1 Å². The fraction of sp³-hybridized carbons (Fsp3) is 0.400. The molecule has 7 heteroatoms. The van der Waals surface area contributed by atoms with Gasteiger partial charge in [-0.1, -0.05) is 37.1 Å². The van der Waals surface area contributed by atoms with E-state index in [0.717, 1.165) is 42.3 Å². The topological polar surface area (TPSA) is 68.0 Å². The summed E-state index contributed by atoms with van der Waals surface area (Å²) in [6.45, 7) is 0. The minimum atomic E-state index is -2.67. The minimum absolute atomic E-state index is 0.0876. The summed E-state index contributed by atoms with van der Waals surface area (Å²) in [5.74, 6) is -0.293. The zero-order valence-electron chi connectivity index (χ0n) is 18.0. The Balaban J connectivity index is 1.53. The average molecular weight is 440 g/mol. The van der Waals surface area contributed by atoms with Gasteiger partial charge in [0.05, 0.1) is 11.8 Å². The lowest BCUT2D eigenvalue weighted by molar-refractivity contribution is 0.0581. The van der Waals surface area contributed by atoms with Crippen molar-refractivity contribution in [3.05, 3.63) is 71.2 Å². The molecule has 3 aromatic rings. The van der Waals surface area contributed by atoms with Crippen molar-refractivity contribution in [2.75, 3.05) is 0 Å². The second-order valence-electron chi connectivity index (χ2n) is 8.56.